The zero-order valence-electron chi connectivity index (χ0n) is 10.2. The molecule has 0 spiro atoms. The van der Waals surface area contributed by atoms with Crippen molar-refractivity contribution in [2.45, 2.75) is 33.2 Å². The zero-order valence-corrected chi connectivity index (χ0v) is 10.2. The van der Waals surface area contributed by atoms with Crippen molar-refractivity contribution in [3.05, 3.63) is 29.8 Å². The second-order valence-electron chi connectivity index (χ2n) is 4.16. The van der Waals surface area contributed by atoms with Crippen LogP contribution in [0.2, 0.25) is 0 Å². The molecule has 1 amide bonds. The number of aryl methyl sites for hydroxylation is 1. The van der Waals surface area contributed by atoms with Crippen LogP contribution in [0.4, 0.5) is 5.69 Å². The Hall–Kier alpha value is -1.35. The molecular formula is C13H20N2O. The van der Waals surface area contributed by atoms with Gasteiger partial charge in [-0.15, -0.1) is 0 Å². The van der Waals surface area contributed by atoms with Crippen LogP contribution in [0.3, 0.4) is 0 Å². The molecule has 1 aromatic carbocycles. The fourth-order valence-electron chi connectivity index (χ4n) is 1.68. The molecule has 0 bridgehead atoms. The lowest BCUT2D eigenvalue weighted by atomic mass is 10.1. The lowest BCUT2D eigenvalue weighted by Gasteiger charge is -2.22. The summed E-state index contributed by atoms with van der Waals surface area (Å²) in [5.41, 5.74) is 7.76. The number of anilines is 1. The van der Waals surface area contributed by atoms with Crippen LogP contribution in [0.25, 0.3) is 0 Å². The third-order valence-corrected chi connectivity index (χ3v) is 2.43. The molecule has 3 heteroatoms. The first kappa shape index (κ1) is 12.7. The van der Waals surface area contributed by atoms with Crippen LogP contribution in [0.5, 0.6) is 0 Å². The Labute approximate surface area is 97.2 Å². The molecule has 0 aliphatic carbocycles. The van der Waals surface area contributed by atoms with Crippen LogP contribution >= 0.6 is 0 Å². The molecule has 0 radical (unpaired) electrons. The Bertz CT molecular complexity index is 361. The first-order valence-electron chi connectivity index (χ1n) is 5.67. The van der Waals surface area contributed by atoms with Gasteiger partial charge >= 0.3 is 0 Å². The summed E-state index contributed by atoms with van der Waals surface area (Å²) in [6.07, 6.45) is 0.391. The van der Waals surface area contributed by atoms with Gasteiger partial charge < -0.3 is 10.6 Å². The van der Waals surface area contributed by atoms with E-state index in [-0.39, 0.29) is 11.9 Å². The molecule has 0 aliphatic rings. The van der Waals surface area contributed by atoms with Gasteiger partial charge in [0.1, 0.15) is 0 Å². The maximum atomic E-state index is 11.9. The number of hydrogen-bond acceptors (Lipinski definition) is 2. The van der Waals surface area contributed by atoms with Gasteiger partial charge in [-0.25, -0.2) is 0 Å². The van der Waals surface area contributed by atoms with Crippen molar-refractivity contribution >= 4 is 11.6 Å². The highest BCUT2D eigenvalue weighted by atomic mass is 16.2. The first-order chi connectivity index (χ1) is 7.54. The van der Waals surface area contributed by atoms with E-state index in [9.17, 15) is 4.79 Å². The van der Waals surface area contributed by atoms with Gasteiger partial charge in [0.05, 0.1) is 0 Å². The number of nitrogens with two attached hydrogens (primary N) is 1. The van der Waals surface area contributed by atoms with Crippen molar-refractivity contribution in [2.75, 3.05) is 11.4 Å². The molecule has 0 fully saturated rings. The van der Waals surface area contributed by atoms with Crippen LogP contribution in [0.1, 0.15) is 25.8 Å². The van der Waals surface area contributed by atoms with E-state index in [1.54, 1.807) is 4.90 Å². The number of benzene rings is 1. The molecule has 0 saturated heterocycles. The lowest BCUT2D eigenvalue weighted by Crippen LogP contribution is -2.34. The summed E-state index contributed by atoms with van der Waals surface area (Å²) in [4.78, 5) is 13.7. The lowest BCUT2D eigenvalue weighted by molar-refractivity contribution is -0.118. The maximum Gasteiger partial charge on any atom is 0.228 e. The summed E-state index contributed by atoms with van der Waals surface area (Å²) < 4.78 is 0. The second kappa shape index (κ2) is 5.66. The van der Waals surface area contributed by atoms with Crippen molar-refractivity contribution in [1.29, 1.82) is 0 Å². The number of nitrogens with zero attached hydrogens (tertiary/aromatic N) is 1. The maximum absolute atomic E-state index is 11.9. The van der Waals surface area contributed by atoms with Crippen molar-refractivity contribution in [2.24, 2.45) is 5.73 Å². The van der Waals surface area contributed by atoms with E-state index in [2.05, 4.69) is 0 Å². The average molecular weight is 220 g/mol. The summed E-state index contributed by atoms with van der Waals surface area (Å²) >= 11 is 0. The molecule has 0 saturated carbocycles. The fraction of sp³-hybridized carbons (Fsp3) is 0.462. The minimum absolute atomic E-state index is 0.0862. The van der Waals surface area contributed by atoms with Crippen LogP contribution in [0, 0.1) is 6.92 Å². The third-order valence-electron chi connectivity index (χ3n) is 2.43. The zero-order chi connectivity index (χ0) is 12.1. The van der Waals surface area contributed by atoms with Crippen LogP contribution in [-0.4, -0.2) is 18.5 Å². The minimum atomic E-state index is -0.0913. The summed E-state index contributed by atoms with van der Waals surface area (Å²) in [7, 11) is 0. The van der Waals surface area contributed by atoms with Crippen LogP contribution in [0.15, 0.2) is 24.3 Å². The SMILES string of the molecule is CCN(C(=O)CC(C)N)c1cccc(C)c1. The molecule has 1 rings (SSSR count). The molecule has 2 N–H and O–H groups in total. The van der Waals surface area contributed by atoms with Crippen molar-refractivity contribution in [3.63, 3.8) is 0 Å². The highest BCUT2D eigenvalue weighted by Crippen LogP contribution is 2.16. The normalized spacial score (nSPS) is 12.2. The first-order valence-corrected chi connectivity index (χ1v) is 5.67. The van der Waals surface area contributed by atoms with Crippen LogP contribution < -0.4 is 10.6 Å². The molecule has 3 nitrogen and oxygen atoms in total. The molecule has 1 aromatic rings. The van der Waals surface area contributed by atoms with E-state index in [1.165, 1.54) is 0 Å². The van der Waals surface area contributed by atoms with Crippen molar-refractivity contribution in [3.8, 4) is 0 Å². The third kappa shape index (κ3) is 3.35. The number of carbonyl (C=O) groups is 1. The van der Waals surface area contributed by atoms with E-state index in [4.69, 9.17) is 5.73 Å². The largest absolute Gasteiger partial charge is 0.327 e. The quantitative estimate of drug-likeness (QED) is 0.844. The fourth-order valence-corrected chi connectivity index (χ4v) is 1.68. The monoisotopic (exact) mass is 220 g/mol. The molecule has 0 heterocycles. The van der Waals surface area contributed by atoms with Gasteiger partial charge in [-0.2, -0.15) is 0 Å². The van der Waals surface area contributed by atoms with E-state index >= 15 is 0 Å². The Morgan fingerprint density at radius 3 is 2.69 bits per heavy atom. The average Bonchev–Trinajstić information content (AvgIpc) is 2.17. The summed E-state index contributed by atoms with van der Waals surface area (Å²) in [5.74, 6) is 0.0862. The van der Waals surface area contributed by atoms with Crippen molar-refractivity contribution < 1.29 is 4.79 Å². The predicted molar refractivity (Wildman–Crippen MR) is 67.5 cm³/mol. The molecule has 1 unspecified atom stereocenters. The second-order valence-corrected chi connectivity index (χ2v) is 4.16. The Morgan fingerprint density at radius 1 is 1.50 bits per heavy atom. The van der Waals surface area contributed by atoms with Gasteiger partial charge in [0, 0.05) is 24.7 Å². The number of rotatable bonds is 4. The molecule has 1 atom stereocenters. The molecule has 0 aromatic heterocycles. The topological polar surface area (TPSA) is 46.3 Å². The molecule has 0 aliphatic heterocycles. The van der Waals surface area contributed by atoms with Gasteiger partial charge in [-0.05, 0) is 38.5 Å². The van der Waals surface area contributed by atoms with E-state index in [0.29, 0.717) is 13.0 Å². The van der Waals surface area contributed by atoms with Gasteiger partial charge in [-0.1, -0.05) is 12.1 Å². The van der Waals surface area contributed by atoms with E-state index in [0.717, 1.165) is 11.3 Å². The summed E-state index contributed by atoms with van der Waals surface area (Å²) in [6.45, 7) is 6.52. The summed E-state index contributed by atoms with van der Waals surface area (Å²) in [6, 6.07) is 7.87. The Kier molecular flexibility index (Phi) is 4.50. The van der Waals surface area contributed by atoms with Gasteiger partial charge in [0.25, 0.3) is 0 Å². The highest BCUT2D eigenvalue weighted by Gasteiger charge is 2.14. The Morgan fingerprint density at radius 2 is 2.19 bits per heavy atom. The number of hydrogen-bond donors (Lipinski definition) is 1. The van der Waals surface area contributed by atoms with Gasteiger partial charge in [-0.3, -0.25) is 4.79 Å². The van der Waals surface area contributed by atoms with E-state index in [1.807, 2.05) is 45.0 Å². The van der Waals surface area contributed by atoms with Crippen LogP contribution in [-0.2, 0) is 4.79 Å². The Balaban J connectivity index is 2.85. The predicted octanol–water partition coefficient (Wildman–Crippen LogP) is 2.09. The molecule has 88 valence electrons. The number of carbonyl (C=O) groups excluding carboxylic acids is 1. The molecule has 16 heavy (non-hydrogen) atoms. The highest BCUT2D eigenvalue weighted by molar-refractivity contribution is 5.93. The van der Waals surface area contributed by atoms with Gasteiger partial charge in [0.15, 0.2) is 0 Å². The number of amides is 1. The minimum Gasteiger partial charge on any atom is -0.327 e. The van der Waals surface area contributed by atoms with Gasteiger partial charge in [0.2, 0.25) is 5.91 Å². The standard InChI is InChI=1S/C13H20N2O/c1-4-15(13(16)9-11(3)14)12-7-5-6-10(2)8-12/h5-8,11H,4,9,14H2,1-3H3. The smallest absolute Gasteiger partial charge is 0.228 e. The summed E-state index contributed by atoms with van der Waals surface area (Å²) in [5, 5.41) is 0. The van der Waals surface area contributed by atoms with Crippen molar-refractivity contribution in [1.82, 2.24) is 0 Å². The van der Waals surface area contributed by atoms with E-state index < -0.39 is 0 Å². The molecular weight excluding hydrogens is 200 g/mol.